The molecule has 0 aromatic carbocycles. The van der Waals surface area contributed by atoms with Gasteiger partial charge in [-0.15, -0.1) is 0 Å². The summed E-state index contributed by atoms with van der Waals surface area (Å²) < 4.78 is 21.1. The largest absolute Gasteiger partial charge is 0.312 e. The Balaban J connectivity index is 3.04. The van der Waals surface area contributed by atoms with Gasteiger partial charge in [0.15, 0.2) is 6.19 Å². The highest BCUT2D eigenvalue weighted by Crippen LogP contribution is 1.99. The van der Waals surface area contributed by atoms with Gasteiger partial charge >= 0.3 is 0 Å². The van der Waals surface area contributed by atoms with Crippen LogP contribution in [0.25, 0.3) is 0 Å². The fraction of sp³-hybridized carbons (Fsp3) is 0.143. The summed E-state index contributed by atoms with van der Waals surface area (Å²) in [7, 11) is -2.27. The maximum Gasteiger partial charge on any atom is 0.219 e. The first-order valence-corrected chi connectivity index (χ1v) is 4.29. The minimum atomic E-state index is -2.27. The molecule has 1 aliphatic carbocycles. The summed E-state index contributed by atoms with van der Waals surface area (Å²) in [6.07, 6.45) is 8.05. The van der Waals surface area contributed by atoms with Crippen molar-refractivity contribution >= 4 is 15.2 Å². The lowest BCUT2D eigenvalue weighted by Gasteiger charge is -2.09. The second-order valence-corrected chi connectivity index (χ2v) is 3.06. The number of rotatable bonds is 1. The zero-order valence-corrected chi connectivity index (χ0v) is 6.88. The first kappa shape index (κ1) is 8.56. The van der Waals surface area contributed by atoms with Crippen LogP contribution in [0.1, 0.15) is 0 Å². The van der Waals surface area contributed by atoms with E-state index in [1.807, 2.05) is 0 Å². The van der Waals surface area contributed by atoms with Gasteiger partial charge in [0.2, 0.25) is 10.3 Å². The molecule has 0 spiro atoms. The SMILES string of the molecule is N#CNC1C=CC=CC1=S(=O)=O. The molecular formula is C7H6N2O2S. The molecule has 0 amide bonds. The first-order valence-electron chi connectivity index (χ1n) is 3.21. The summed E-state index contributed by atoms with van der Waals surface area (Å²) in [5, 5.41) is 10.6. The fourth-order valence-corrected chi connectivity index (χ4v) is 1.41. The van der Waals surface area contributed by atoms with Crippen molar-refractivity contribution in [1.82, 2.24) is 5.32 Å². The van der Waals surface area contributed by atoms with Crippen LogP contribution in [-0.4, -0.2) is 19.3 Å². The molecule has 62 valence electrons. The fourth-order valence-electron chi connectivity index (χ4n) is 0.872. The van der Waals surface area contributed by atoms with Gasteiger partial charge < -0.3 is 5.32 Å². The summed E-state index contributed by atoms with van der Waals surface area (Å²) in [6, 6.07) is -0.515. The van der Waals surface area contributed by atoms with Crippen molar-refractivity contribution in [1.29, 1.82) is 5.26 Å². The molecule has 1 N–H and O–H groups in total. The highest BCUT2D eigenvalue weighted by Gasteiger charge is 2.12. The van der Waals surface area contributed by atoms with Crippen LogP contribution in [0.4, 0.5) is 0 Å². The molecule has 0 radical (unpaired) electrons. The third-order valence-electron chi connectivity index (χ3n) is 1.39. The van der Waals surface area contributed by atoms with Crippen molar-refractivity contribution in [3.8, 4) is 6.19 Å². The van der Waals surface area contributed by atoms with Crippen molar-refractivity contribution in [2.45, 2.75) is 6.04 Å². The average Bonchev–Trinajstić information content (AvgIpc) is 2.05. The van der Waals surface area contributed by atoms with Crippen molar-refractivity contribution in [2.75, 3.05) is 0 Å². The van der Waals surface area contributed by atoms with Crippen LogP contribution in [0.5, 0.6) is 0 Å². The molecule has 0 aromatic rings. The summed E-state index contributed by atoms with van der Waals surface area (Å²) in [6.45, 7) is 0. The minimum Gasteiger partial charge on any atom is -0.312 e. The minimum absolute atomic E-state index is 0.180. The van der Waals surface area contributed by atoms with Crippen LogP contribution in [-0.2, 0) is 10.3 Å². The molecule has 0 saturated heterocycles. The molecule has 0 heterocycles. The van der Waals surface area contributed by atoms with Crippen LogP contribution in [0.3, 0.4) is 0 Å². The van der Waals surface area contributed by atoms with Crippen LogP contribution in [0.15, 0.2) is 24.3 Å². The Kier molecular flexibility index (Phi) is 2.66. The number of hydrogen-bond donors (Lipinski definition) is 1. The Morgan fingerprint density at radius 2 is 2.25 bits per heavy atom. The van der Waals surface area contributed by atoms with Crippen LogP contribution in [0.2, 0.25) is 0 Å². The number of nitrogens with one attached hydrogen (secondary N) is 1. The standard InChI is InChI=1S/C7H6N2O2S/c8-5-9-6-3-1-2-4-7(6)12(10)11/h1-4,6,9H. The van der Waals surface area contributed by atoms with Crippen LogP contribution >= 0.6 is 0 Å². The van der Waals surface area contributed by atoms with E-state index in [1.54, 1.807) is 24.4 Å². The normalized spacial score (nSPS) is 20.2. The van der Waals surface area contributed by atoms with Crippen molar-refractivity contribution in [3.05, 3.63) is 24.3 Å². The van der Waals surface area contributed by atoms with Gasteiger partial charge in [0.1, 0.15) is 0 Å². The van der Waals surface area contributed by atoms with Gasteiger partial charge in [-0.2, -0.15) is 13.7 Å². The molecular weight excluding hydrogens is 176 g/mol. The Bertz CT molecular complexity index is 390. The maximum atomic E-state index is 10.6. The highest BCUT2D eigenvalue weighted by molar-refractivity contribution is 7.73. The zero-order valence-electron chi connectivity index (χ0n) is 6.06. The third-order valence-corrected chi connectivity index (χ3v) is 2.17. The second-order valence-electron chi connectivity index (χ2n) is 2.11. The molecule has 0 aromatic heterocycles. The molecule has 0 fully saturated rings. The Morgan fingerprint density at radius 3 is 2.83 bits per heavy atom. The first-order chi connectivity index (χ1) is 5.75. The van der Waals surface area contributed by atoms with Crippen LogP contribution < -0.4 is 5.32 Å². The van der Waals surface area contributed by atoms with E-state index >= 15 is 0 Å². The molecule has 1 unspecified atom stereocenters. The lowest BCUT2D eigenvalue weighted by atomic mass is 10.1. The smallest absolute Gasteiger partial charge is 0.219 e. The van der Waals surface area contributed by atoms with E-state index in [4.69, 9.17) is 5.26 Å². The second kappa shape index (κ2) is 3.74. The lowest BCUT2D eigenvalue weighted by Crippen LogP contribution is -2.32. The van der Waals surface area contributed by atoms with Gasteiger partial charge in [-0.3, -0.25) is 0 Å². The maximum absolute atomic E-state index is 10.6. The molecule has 5 heteroatoms. The van der Waals surface area contributed by atoms with E-state index in [0.29, 0.717) is 0 Å². The van der Waals surface area contributed by atoms with Crippen molar-refractivity contribution in [3.63, 3.8) is 0 Å². The number of allylic oxidation sites excluding steroid dienone is 2. The number of hydrogen-bond acceptors (Lipinski definition) is 4. The number of nitrogens with zero attached hydrogens (tertiary/aromatic N) is 1. The van der Waals surface area contributed by atoms with Gasteiger partial charge in [0, 0.05) is 0 Å². The van der Waals surface area contributed by atoms with E-state index in [9.17, 15) is 8.42 Å². The molecule has 0 bridgehead atoms. The van der Waals surface area contributed by atoms with Gasteiger partial charge in [-0.1, -0.05) is 18.2 Å². The molecule has 1 rings (SSSR count). The van der Waals surface area contributed by atoms with Crippen molar-refractivity contribution in [2.24, 2.45) is 0 Å². The van der Waals surface area contributed by atoms with Crippen LogP contribution in [0, 0.1) is 11.5 Å². The van der Waals surface area contributed by atoms with Gasteiger partial charge in [-0.05, 0) is 6.08 Å². The molecule has 1 atom stereocenters. The molecule has 4 nitrogen and oxygen atoms in total. The summed E-state index contributed by atoms with van der Waals surface area (Å²) in [5.41, 5.74) is 0. The van der Waals surface area contributed by atoms with E-state index in [-0.39, 0.29) is 4.86 Å². The third kappa shape index (κ3) is 1.74. The summed E-state index contributed by atoms with van der Waals surface area (Å²) in [4.78, 5) is 0.180. The Hall–Kier alpha value is -1.54. The Morgan fingerprint density at radius 1 is 1.50 bits per heavy atom. The molecule has 1 aliphatic rings. The van der Waals surface area contributed by atoms with Gasteiger partial charge in [-0.25, -0.2) is 0 Å². The molecule has 0 saturated carbocycles. The monoisotopic (exact) mass is 182 g/mol. The van der Waals surface area contributed by atoms with E-state index < -0.39 is 16.3 Å². The zero-order chi connectivity index (χ0) is 8.97. The summed E-state index contributed by atoms with van der Waals surface area (Å²) >= 11 is 0. The van der Waals surface area contributed by atoms with Crippen molar-refractivity contribution < 1.29 is 8.42 Å². The predicted octanol–water partition coefficient (Wildman–Crippen LogP) is -0.397. The summed E-state index contributed by atoms with van der Waals surface area (Å²) in [5.74, 6) is 0. The van der Waals surface area contributed by atoms with E-state index in [2.05, 4.69) is 5.32 Å². The van der Waals surface area contributed by atoms with E-state index in [0.717, 1.165) is 0 Å². The molecule has 0 aliphatic heterocycles. The van der Waals surface area contributed by atoms with Gasteiger partial charge in [0.25, 0.3) is 0 Å². The number of nitriles is 1. The quantitative estimate of drug-likeness (QED) is 0.340. The Labute approximate surface area is 71.3 Å². The topological polar surface area (TPSA) is 70.0 Å². The molecule has 12 heavy (non-hydrogen) atoms. The highest BCUT2D eigenvalue weighted by atomic mass is 32.2. The van der Waals surface area contributed by atoms with Gasteiger partial charge in [0.05, 0.1) is 10.9 Å². The lowest BCUT2D eigenvalue weighted by molar-refractivity contribution is 0.626. The predicted molar refractivity (Wildman–Crippen MR) is 44.7 cm³/mol. The average molecular weight is 182 g/mol. The van der Waals surface area contributed by atoms with E-state index in [1.165, 1.54) is 6.08 Å².